The van der Waals surface area contributed by atoms with Crippen LogP contribution in [-0.4, -0.2) is 64.5 Å². The molecule has 1 atom stereocenters. The highest BCUT2D eigenvalue weighted by molar-refractivity contribution is 6.38. The first-order chi connectivity index (χ1) is 16.3. The van der Waals surface area contributed by atoms with E-state index in [-0.39, 0.29) is 31.0 Å². The summed E-state index contributed by atoms with van der Waals surface area (Å²) in [7, 11) is 0. The van der Waals surface area contributed by atoms with Gasteiger partial charge in [0.2, 0.25) is 0 Å². The van der Waals surface area contributed by atoms with Crippen molar-refractivity contribution in [2.45, 2.75) is 19.6 Å². The number of carbonyl (C=O) groups excluding carboxylic acids is 4. The molecule has 4 amide bonds. The van der Waals surface area contributed by atoms with Crippen molar-refractivity contribution in [2.24, 2.45) is 0 Å². The largest absolute Gasteiger partial charge is 0.514 e. The molecule has 1 fully saturated rings. The van der Waals surface area contributed by atoms with Crippen LogP contribution in [0.15, 0.2) is 54.6 Å². The van der Waals surface area contributed by atoms with Gasteiger partial charge in [0.15, 0.2) is 6.04 Å². The highest BCUT2D eigenvalue weighted by Gasteiger charge is 2.37. The van der Waals surface area contributed by atoms with E-state index in [0.29, 0.717) is 11.4 Å². The van der Waals surface area contributed by atoms with Crippen LogP contribution in [0.1, 0.15) is 24.1 Å². The molecule has 1 heterocycles. The number of hydrogen-bond acceptors (Lipinski definition) is 7. The van der Waals surface area contributed by atoms with Gasteiger partial charge in [-0.15, -0.1) is 0 Å². The number of benzene rings is 2. The summed E-state index contributed by atoms with van der Waals surface area (Å²) in [5.41, 5.74) is 0.947. The lowest BCUT2D eigenvalue weighted by molar-refractivity contribution is -0.153. The fourth-order valence-corrected chi connectivity index (χ4v) is 3.23. The maximum absolute atomic E-state index is 12.5. The third-order valence-electron chi connectivity index (χ3n) is 5.06. The zero-order chi connectivity index (χ0) is 24.7. The second kappa shape index (κ2) is 10.9. The molecule has 1 saturated heterocycles. The number of hydrogen-bond donors (Lipinski definition) is 2. The average Bonchev–Trinajstić information content (AvgIpc) is 2.84. The molecule has 11 heteroatoms. The molecule has 0 saturated carbocycles. The fraction of sp³-hybridized carbons (Fsp3) is 0.261. The van der Waals surface area contributed by atoms with E-state index in [1.54, 1.807) is 31.2 Å². The SMILES string of the molecule is CCN1CCN(C(=O)N[C@@H](C(=O)O)c2ccc(OC(=O)OCc3ccccc3)cc2)C(=O)C1=O. The predicted molar refractivity (Wildman–Crippen MR) is 117 cm³/mol. The van der Waals surface area contributed by atoms with Crippen molar-refractivity contribution in [2.75, 3.05) is 19.6 Å². The van der Waals surface area contributed by atoms with Gasteiger partial charge in [-0.2, -0.15) is 0 Å². The Morgan fingerprint density at radius 3 is 2.29 bits per heavy atom. The Bertz CT molecular complexity index is 1070. The number of carbonyl (C=O) groups is 5. The first-order valence-corrected chi connectivity index (χ1v) is 10.4. The molecule has 0 bridgehead atoms. The Kier molecular flexibility index (Phi) is 7.80. The molecule has 2 aromatic carbocycles. The van der Waals surface area contributed by atoms with Gasteiger partial charge >= 0.3 is 30.0 Å². The van der Waals surface area contributed by atoms with Crippen molar-refractivity contribution in [3.63, 3.8) is 0 Å². The molecule has 2 aromatic rings. The zero-order valence-corrected chi connectivity index (χ0v) is 18.3. The molecule has 34 heavy (non-hydrogen) atoms. The van der Waals surface area contributed by atoms with Crippen LogP contribution in [0.5, 0.6) is 5.75 Å². The maximum atomic E-state index is 12.5. The van der Waals surface area contributed by atoms with Gasteiger partial charge in [-0.05, 0) is 30.2 Å². The normalized spacial score (nSPS) is 14.4. The molecule has 0 radical (unpaired) electrons. The van der Waals surface area contributed by atoms with Crippen LogP contribution in [0.3, 0.4) is 0 Å². The van der Waals surface area contributed by atoms with E-state index in [4.69, 9.17) is 9.47 Å². The van der Waals surface area contributed by atoms with Crippen molar-refractivity contribution < 1.29 is 38.6 Å². The number of imide groups is 1. The summed E-state index contributed by atoms with van der Waals surface area (Å²) in [6, 6.07) is 11.9. The Labute approximate surface area is 194 Å². The molecular weight excluding hydrogens is 446 g/mol. The molecule has 178 valence electrons. The molecule has 1 aliphatic rings. The van der Waals surface area contributed by atoms with Gasteiger partial charge in [0.25, 0.3) is 0 Å². The molecular formula is C23H23N3O8. The smallest absolute Gasteiger partial charge is 0.479 e. The van der Waals surface area contributed by atoms with Gasteiger partial charge in [0, 0.05) is 19.6 Å². The van der Waals surface area contributed by atoms with Crippen LogP contribution < -0.4 is 10.1 Å². The summed E-state index contributed by atoms with van der Waals surface area (Å²) < 4.78 is 10.1. The van der Waals surface area contributed by atoms with E-state index in [1.807, 2.05) is 6.07 Å². The zero-order valence-electron chi connectivity index (χ0n) is 18.3. The predicted octanol–water partition coefficient (Wildman–Crippen LogP) is 1.93. The number of urea groups is 1. The first kappa shape index (κ1) is 24.2. The maximum Gasteiger partial charge on any atom is 0.514 e. The van der Waals surface area contributed by atoms with Crippen molar-refractivity contribution in [1.82, 2.24) is 15.1 Å². The second-order valence-electron chi connectivity index (χ2n) is 7.26. The quantitative estimate of drug-likeness (QED) is 0.356. The molecule has 3 rings (SSSR count). The van der Waals surface area contributed by atoms with Gasteiger partial charge in [-0.3, -0.25) is 14.5 Å². The van der Waals surface area contributed by atoms with E-state index >= 15 is 0 Å². The van der Waals surface area contributed by atoms with Crippen LogP contribution in [0.25, 0.3) is 0 Å². The van der Waals surface area contributed by atoms with Gasteiger partial charge in [0.05, 0.1) is 0 Å². The van der Waals surface area contributed by atoms with E-state index in [9.17, 15) is 29.1 Å². The number of nitrogens with one attached hydrogen (secondary N) is 1. The molecule has 0 aliphatic carbocycles. The number of nitrogens with zero attached hydrogens (tertiary/aromatic N) is 2. The van der Waals surface area contributed by atoms with Crippen molar-refractivity contribution in [3.8, 4) is 5.75 Å². The Hall–Kier alpha value is -4.41. The molecule has 0 spiro atoms. The number of rotatable bonds is 7. The van der Waals surface area contributed by atoms with E-state index in [0.717, 1.165) is 5.56 Å². The minimum absolute atomic E-state index is 0.0264. The number of carboxylic acid groups (broad SMARTS) is 1. The molecule has 0 aromatic heterocycles. The Morgan fingerprint density at radius 2 is 1.68 bits per heavy atom. The van der Waals surface area contributed by atoms with Crippen LogP contribution >= 0.6 is 0 Å². The highest BCUT2D eigenvalue weighted by atomic mass is 16.7. The monoisotopic (exact) mass is 469 g/mol. The van der Waals surface area contributed by atoms with Gasteiger partial charge in [-0.25, -0.2) is 14.4 Å². The molecule has 0 unspecified atom stereocenters. The first-order valence-electron chi connectivity index (χ1n) is 10.4. The van der Waals surface area contributed by atoms with Gasteiger partial charge in [0.1, 0.15) is 12.4 Å². The van der Waals surface area contributed by atoms with E-state index in [2.05, 4.69) is 5.32 Å². The molecule has 11 nitrogen and oxygen atoms in total. The lowest BCUT2D eigenvalue weighted by Gasteiger charge is -2.32. The highest BCUT2D eigenvalue weighted by Crippen LogP contribution is 2.20. The summed E-state index contributed by atoms with van der Waals surface area (Å²) in [5.74, 6) is -3.12. The summed E-state index contributed by atoms with van der Waals surface area (Å²) in [5, 5.41) is 11.8. The lowest BCUT2D eigenvalue weighted by atomic mass is 10.1. The van der Waals surface area contributed by atoms with Crippen LogP contribution in [0, 0.1) is 0 Å². The van der Waals surface area contributed by atoms with Gasteiger partial charge in [-0.1, -0.05) is 42.5 Å². The third-order valence-corrected chi connectivity index (χ3v) is 5.06. The van der Waals surface area contributed by atoms with Crippen molar-refractivity contribution in [1.29, 1.82) is 0 Å². The Balaban J connectivity index is 1.60. The van der Waals surface area contributed by atoms with E-state index in [1.165, 1.54) is 29.2 Å². The lowest BCUT2D eigenvalue weighted by Crippen LogP contribution is -2.58. The average molecular weight is 469 g/mol. The van der Waals surface area contributed by atoms with Crippen LogP contribution in [0.2, 0.25) is 0 Å². The van der Waals surface area contributed by atoms with E-state index < -0.39 is 36.0 Å². The number of piperazine rings is 1. The number of ether oxygens (including phenoxy) is 2. The minimum atomic E-state index is -1.50. The minimum Gasteiger partial charge on any atom is -0.479 e. The van der Waals surface area contributed by atoms with Crippen LogP contribution in [0.4, 0.5) is 9.59 Å². The number of amides is 4. The third kappa shape index (κ3) is 5.88. The molecule has 1 aliphatic heterocycles. The second-order valence-corrected chi connectivity index (χ2v) is 7.26. The Morgan fingerprint density at radius 1 is 1.00 bits per heavy atom. The number of carboxylic acids is 1. The summed E-state index contributed by atoms with van der Waals surface area (Å²) >= 11 is 0. The van der Waals surface area contributed by atoms with Crippen LogP contribution in [-0.2, 0) is 25.7 Å². The standard InChI is InChI=1S/C23H23N3O8/c1-2-25-12-13-26(20(28)19(25)27)22(31)24-18(21(29)30)16-8-10-17(11-9-16)34-23(32)33-14-15-6-4-3-5-7-15/h3-11,18H,2,12-14H2,1H3,(H,24,31)(H,29,30)/t18-/m1/s1. The fourth-order valence-electron chi connectivity index (χ4n) is 3.23. The number of aliphatic carboxylic acids is 1. The summed E-state index contributed by atoms with van der Waals surface area (Å²) in [6.45, 7) is 2.18. The topological polar surface area (TPSA) is 143 Å². The van der Waals surface area contributed by atoms with Crippen molar-refractivity contribution in [3.05, 3.63) is 65.7 Å². The summed E-state index contributed by atoms with van der Waals surface area (Å²) in [4.78, 5) is 62.3. The summed E-state index contributed by atoms with van der Waals surface area (Å²) in [6.07, 6.45) is -0.936. The number of likely N-dealkylation sites (N-methyl/N-ethyl adjacent to an activating group) is 1. The van der Waals surface area contributed by atoms with Gasteiger partial charge < -0.3 is 24.8 Å². The van der Waals surface area contributed by atoms with Crippen molar-refractivity contribution >= 4 is 30.0 Å². The molecule has 2 N–H and O–H groups in total.